The molecule has 0 radical (unpaired) electrons. The van der Waals surface area contributed by atoms with Gasteiger partial charge in [-0.25, -0.2) is 9.97 Å². The number of para-hydroxylation sites is 1. The molecule has 2 N–H and O–H groups in total. The maximum absolute atomic E-state index is 12.1. The van der Waals surface area contributed by atoms with Crippen LogP contribution in [0.15, 0.2) is 60.1 Å². The third-order valence-corrected chi connectivity index (χ3v) is 4.95. The van der Waals surface area contributed by atoms with Crippen LogP contribution in [0.5, 0.6) is 0 Å². The molecule has 142 valence electrons. The molecule has 1 aromatic carbocycles. The zero-order valence-corrected chi connectivity index (χ0v) is 16.2. The number of nitrogens with zero attached hydrogens (tertiary/aromatic N) is 4. The van der Waals surface area contributed by atoms with Gasteiger partial charge in [0.15, 0.2) is 5.16 Å². The molecule has 0 atom stereocenters. The minimum Gasteiger partial charge on any atom is -0.367 e. The first-order valence-electron chi connectivity index (χ1n) is 8.77. The highest BCUT2D eigenvalue weighted by molar-refractivity contribution is 7.99. The summed E-state index contributed by atoms with van der Waals surface area (Å²) < 4.78 is 1.99. The third-order valence-electron chi connectivity index (χ3n) is 3.98. The summed E-state index contributed by atoms with van der Waals surface area (Å²) in [5, 5.41) is 15.7. The second-order valence-corrected chi connectivity index (χ2v) is 6.89. The van der Waals surface area contributed by atoms with Gasteiger partial charge in [0.25, 0.3) is 0 Å². The lowest BCUT2D eigenvalue weighted by molar-refractivity contribution is -0.118. The molecule has 0 saturated carbocycles. The molecule has 1 amide bonds. The topological polar surface area (TPSA) is 95.6 Å². The summed E-state index contributed by atoms with van der Waals surface area (Å²) in [7, 11) is 0. The normalized spacial score (nSPS) is 10.3. The Balaban J connectivity index is 1.46. The van der Waals surface area contributed by atoms with E-state index in [2.05, 4.69) is 26.7 Å². The molecular weight excluding hydrogens is 372 g/mol. The van der Waals surface area contributed by atoms with E-state index < -0.39 is 0 Å². The Morgan fingerprint density at radius 2 is 2.04 bits per heavy atom. The first-order valence-corrected chi connectivity index (χ1v) is 9.75. The van der Waals surface area contributed by atoms with E-state index >= 15 is 0 Å². The molecule has 0 unspecified atom stereocenters. The predicted molar refractivity (Wildman–Crippen MR) is 109 cm³/mol. The molecule has 0 aliphatic rings. The lowest BCUT2D eigenvalue weighted by atomic mass is 10.2. The van der Waals surface area contributed by atoms with Crippen molar-refractivity contribution in [1.82, 2.24) is 19.9 Å². The smallest absolute Gasteiger partial charge is 0.230 e. The molecule has 3 aromatic rings. The number of pyridine rings is 1. The minimum atomic E-state index is -0.0762. The SMILES string of the molecule is Cc1ccccc1-n1ccnc1SCC(=O)NCCNc1ncccc1C#N. The number of aromatic nitrogens is 3. The molecule has 2 aromatic heterocycles. The summed E-state index contributed by atoms with van der Waals surface area (Å²) in [6.45, 7) is 2.97. The van der Waals surface area contributed by atoms with E-state index in [0.29, 0.717) is 24.5 Å². The predicted octanol–water partition coefficient (Wildman–Crippen LogP) is 2.77. The number of hydrogen-bond donors (Lipinski definition) is 2. The molecule has 0 spiro atoms. The first-order chi connectivity index (χ1) is 13.7. The number of nitriles is 1. The van der Waals surface area contributed by atoms with Gasteiger partial charge >= 0.3 is 0 Å². The molecule has 0 aliphatic carbocycles. The summed E-state index contributed by atoms with van der Waals surface area (Å²) in [4.78, 5) is 20.6. The minimum absolute atomic E-state index is 0.0762. The van der Waals surface area contributed by atoms with Crippen LogP contribution in [0.3, 0.4) is 0 Å². The standard InChI is InChI=1S/C20H20N6OS/c1-15-5-2-3-7-17(15)26-12-11-25-20(26)28-14-18(27)22-9-10-24-19-16(13-21)6-4-8-23-19/h2-8,11-12H,9-10,14H2,1H3,(H,22,27)(H,23,24). The van der Waals surface area contributed by atoms with Gasteiger partial charge in [0.05, 0.1) is 17.0 Å². The molecule has 28 heavy (non-hydrogen) atoms. The number of nitrogens with one attached hydrogen (secondary N) is 2. The van der Waals surface area contributed by atoms with Crippen LogP contribution in [0.2, 0.25) is 0 Å². The number of imidazole rings is 1. The number of anilines is 1. The van der Waals surface area contributed by atoms with E-state index in [1.54, 1.807) is 24.5 Å². The zero-order chi connectivity index (χ0) is 19.8. The third kappa shape index (κ3) is 4.90. The van der Waals surface area contributed by atoms with E-state index in [0.717, 1.165) is 16.4 Å². The van der Waals surface area contributed by atoms with Gasteiger partial charge in [0, 0.05) is 31.7 Å². The Hall–Kier alpha value is -3.31. The molecule has 0 fully saturated rings. The van der Waals surface area contributed by atoms with Gasteiger partial charge in [-0.05, 0) is 30.7 Å². The molecule has 7 nitrogen and oxygen atoms in total. The van der Waals surface area contributed by atoms with Gasteiger partial charge in [-0.3, -0.25) is 9.36 Å². The number of thioether (sulfide) groups is 1. The first kappa shape index (κ1) is 19.5. The fourth-order valence-electron chi connectivity index (χ4n) is 2.61. The quantitative estimate of drug-likeness (QED) is 0.452. The Kier molecular flexibility index (Phi) is 6.65. The van der Waals surface area contributed by atoms with Crippen LogP contribution >= 0.6 is 11.8 Å². The summed E-state index contributed by atoms with van der Waals surface area (Å²) in [5.74, 6) is 0.720. The van der Waals surface area contributed by atoms with Crippen molar-refractivity contribution < 1.29 is 4.79 Å². The number of hydrogen-bond acceptors (Lipinski definition) is 6. The van der Waals surface area contributed by atoms with Crippen LogP contribution in [-0.4, -0.2) is 39.3 Å². The van der Waals surface area contributed by atoms with Crippen LogP contribution in [-0.2, 0) is 4.79 Å². The zero-order valence-electron chi connectivity index (χ0n) is 15.4. The fourth-order valence-corrected chi connectivity index (χ4v) is 3.41. The van der Waals surface area contributed by atoms with Crippen molar-refractivity contribution in [2.45, 2.75) is 12.1 Å². The van der Waals surface area contributed by atoms with Gasteiger partial charge in [-0.15, -0.1) is 0 Å². The van der Waals surface area contributed by atoms with Crippen LogP contribution in [0.25, 0.3) is 5.69 Å². The number of aryl methyl sites for hydroxylation is 1. The van der Waals surface area contributed by atoms with Gasteiger partial charge in [-0.1, -0.05) is 30.0 Å². The average molecular weight is 392 g/mol. The molecule has 0 aliphatic heterocycles. The van der Waals surface area contributed by atoms with Crippen LogP contribution in [0, 0.1) is 18.3 Å². The Morgan fingerprint density at radius 3 is 2.86 bits per heavy atom. The largest absolute Gasteiger partial charge is 0.367 e. The number of carbonyl (C=O) groups excluding carboxylic acids is 1. The molecule has 8 heteroatoms. The molecule has 0 bridgehead atoms. The van der Waals surface area contributed by atoms with Crippen molar-refractivity contribution >= 4 is 23.5 Å². The number of amides is 1. The van der Waals surface area contributed by atoms with Crippen molar-refractivity contribution in [1.29, 1.82) is 5.26 Å². The van der Waals surface area contributed by atoms with E-state index in [9.17, 15) is 4.79 Å². The number of rotatable bonds is 8. The fraction of sp³-hybridized carbons (Fsp3) is 0.200. The van der Waals surface area contributed by atoms with Crippen LogP contribution in [0.4, 0.5) is 5.82 Å². The number of carbonyl (C=O) groups is 1. The number of benzene rings is 1. The monoisotopic (exact) mass is 392 g/mol. The van der Waals surface area contributed by atoms with Gasteiger partial charge in [0.2, 0.25) is 5.91 Å². The van der Waals surface area contributed by atoms with Crippen molar-refractivity contribution in [3.05, 3.63) is 66.1 Å². The highest BCUT2D eigenvalue weighted by Crippen LogP contribution is 2.22. The highest BCUT2D eigenvalue weighted by atomic mass is 32.2. The highest BCUT2D eigenvalue weighted by Gasteiger charge is 2.10. The van der Waals surface area contributed by atoms with Crippen molar-refractivity contribution in [2.24, 2.45) is 0 Å². The molecular formula is C20H20N6OS. The van der Waals surface area contributed by atoms with Crippen LogP contribution < -0.4 is 10.6 Å². The maximum Gasteiger partial charge on any atom is 0.230 e. The average Bonchev–Trinajstić information content (AvgIpc) is 3.18. The summed E-state index contributed by atoms with van der Waals surface area (Å²) in [6, 6.07) is 13.5. The Labute approximate surface area is 167 Å². The van der Waals surface area contributed by atoms with E-state index in [1.807, 2.05) is 42.0 Å². The van der Waals surface area contributed by atoms with Crippen molar-refractivity contribution in [3.63, 3.8) is 0 Å². The maximum atomic E-state index is 12.1. The van der Waals surface area contributed by atoms with Gasteiger partial charge in [-0.2, -0.15) is 5.26 Å². The Bertz CT molecular complexity index is 994. The molecule has 3 rings (SSSR count). The molecule has 0 saturated heterocycles. The van der Waals surface area contributed by atoms with E-state index in [-0.39, 0.29) is 11.7 Å². The van der Waals surface area contributed by atoms with Crippen LogP contribution in [0.1, 0.15) is 11.1 Å². The van der Waals surface area contributed by atoms with Gasteiger partial charge in [0.1, 0.15) is 11.9 Å². The summed E-state index contributed by atoms with van der Waals surface area (Å²) in [6.07, 6.45) is 5.25. The second kappa shape index (κ2) is 9.58. The van der Waals surface area contributed by atoms with Crippen molar-refractivity contribution in [3.8, 4) is 11.8 Å². The Morgan fingerprint density at radius 1 is 1.18 bits per heavy atom. The van der Waals surface area contributed by atoms with E-state index in [4.69, 9.17) is 5.26 Å². The lowest BCUT2D eigenvalue weighted by Gasteiger charge is -2.10. The summed E-state index contributed by atoms with van der Waals surface area (Å²) >= 11 is 1.39. The molecule has 2 heterocycles. The second-order valence-electron chi connectivity index (χ2n) is 5.94. The van der Waals surface area contributed by atoms with E-state index in [1.165, 1.54) is 11.8 Å². The van der Waals surface area contributed by atoms with Crippen molar-refractivity contribution in [2.75, 3.05) is 24.2 Å². The lowest BCUT2D eigenvalue weighted by Crippen LogP contribution is -2.30. The summed E-state index contributed by atoms with van der Waals surface area (Å²) in [5.41, 5.74) is 2.67. The van der Waals surface area contributed by atoms with Gasteiger partial charge < -0.3 is 10.6 Å².